The van der Waals surface area contributed by atoms with Crippen molar-refractivity contribution in [3.63, 3.8) is 0 Å². The smallest absolute Gasteiger partial charge is 0.234 e. The summed E-state index contributed by atoms with van der Waals surface area (Å²) in [6.07, 6.45) is 1.87. The van der Waals surface area contributed by atoms with Crippen LogP contribution < -0.4 is 19.5 Å². The monoisotopic (exact) mass is 368 g/mol. The maximum atomic E-state index is 13.1. The predicted molar refractivity (Wildman–Crippen MR) is 106 cm³/mol. The van der Waals surface area contributed by atoms with Gasteiger partial charge in [0.2, 0.25) is 5.91 Å². The molecule has 0 atom stereocenters. The van der Waals surface area contributed by atoms with Crippen LogP contribution >= 0.6 is 0 Å². The fourth-order valence-corrected chi connectivity index (χ4v) is 3.05. The van der Waals surface area contributed by atoms with Crippen molar-refractivity contribution in [2.75, 3.05) is 26.6 Å². The van der Waals surface area contributed by atoms with Gasteiger partial charge in [0.1, 0.15) is 17.2 Å². The van der Waals surface area contributed by atoms with E-state index >= 15 is 0 Å². The van der Waals surface area contributed by atoms with Crippen LogP contribution in [0.5, 0.6) is 17.2 Å². The van der Waals surface area contributed by atoms with Gasteiger partial charge in [0.05, 0.1) is 32.4 Å². The lowest BCUT2D eigenvalue weighted by Crippen LogP contribution is -2.34. The van der Waals surface area contributed by atoms with Gasteiger partial charge in [0, 0.05) is 23.2 Å². The van der Waals surface area contributed by atoms with Crippen molar-refractivity contribution in [2.24, 2.45) is 0 Å². The molecule has 0 spiro atoms. The first-order valence-corrected chi connectivity index (χ1v) is 8.59. The molecule has 2 aromatic carbocycles. The van der Waals surface area contributed by atoms with Gasteiger partial charge in [0.25, 0.3) is 0 Å². The zero-order valence-corrected chi connectivity index (χ0v) is 16.2. The average molecular weight is 368 g/mol. The van der Waals surface area contributed by atoms with Crippen molar-refractivity contribution in [2.45, 2.75) is 19.3 Å². The number of carbonyl (C=O) groups is 1. The highest BCUT2D eigenvalue weighted by Crippen LogP contribution is 2.35. The highest BCUT2D eigenvalue weighted by molar-refractivity contribution is 6.02. The number of hydrogen-bond acceptors (Lipinski definition) is 4. The molecule has 3 rings (SSSR count). The van der Waals surface area contributed by atoms with E-state index in [1.165, 1.54) is 0 Å². The van der Waals surface area contributed by atoms with Gasteiger partial charge in [-0.05, 0) is 49.7 Å². The number of methoxy groups -OCH3 is 3. The average Bonchev–Trinajstić information content (AvgIpc) is 3.11. The second-order valence-electron chi connectivity index (χ2n) is 6.76. The molecule has 2 N–H and O–H groups in total. The van der Waals surface area contributed by atoms with Crippen molar-refractivity contribution < 1.29 is 19.0 Å². The van der Waals surface area contributed by atoms with E-state index in [1.54, 1.807) is 39.5 Å². The first kappa shape index (κ1) is 18.6. The van der Waals surface area contributed by atoms with Gasteiger partial charge in [-0.3, -0.25) is 4.79 Å². The van der Waals surface area contributed by atoms with E-state index in [0.29, 0.717) is 17.2 Å². The molecule has 142 valence electrons. The number of fused-ring (bicyclic) bond motifs is 1. The standard InChI is InChI=1S/C21H24N2O4/c1-21(2,16-12-22-17-8-6-13(25-3)10-15(16)17)20(24)23-18-9-7-14(26-4)11-19(18)27-5/h6-12,22H,1-5H3,(H,23,24). The van der Waals surface area contributed by atoms with Crippen LogP contribution in [-0.2, 0) is 10.2 Å². The number of carbonyl (C=O) groups excluding carboxylic acids is 1. The Morgan fingerprint density at radius 2 is 1.63 bits per heavy atom. The highest BCUT2D eigenvalue weighted by atomic mass is 16.5. The first-order chi connectivity index (χ1) is 12.9. The zero-order chi connectivity index (χ0) is 19.6. The number of rotatable bonds is 6. The maximum absolute atomic E-state index is 13.1. The summed E-state index contributed by atoms with van der Waals surface area (Å²) < 4.78 is 15.9. The summed E-state index contributed by atoms with van der Waals surface area (Å²) in [5, 5.41) is 3.92. The van der Waals surface area contributed by atoms with E-state index in [1.807, 2.05) is 38.2 Å². The third-order valence-corrected chi connectivity index (χ3v) is 4.79. The van der Waals surface area contributed by atoms with Gasteiger partial charge in [0.15, 0.2) is 0 Å². The number of ether oxygens (including phenoxy) is 3. The number of benzene rings is 2. The molecule has 27 heavy (non-hydrogen) atoms. The Kier molecular flexibility index (Phi) is 4.99. The number of aromatic nitrogens is 1. The molecule has 0 fully saturated rings. The summed E-state index contributed by atoms with van der Waals surface area (Å²) in [5.41, 5.74) is 1.65. The number of anilines is 1. The number of nitrogens with one attached hydrogen (secondary N) is 2. The summed E-state index contributed by atoms with van der Waals surface area (Å²) in [4.78, 5) is 16.3. The van der Waals surface area contributed by atoms with Crippen LogP contribution in [0.2, 0.25) is 0 Å². The zero-order valence-electron chi connectivity index (χ0n) is 16.2. The molecule has 0 saturated heterocycles. The van der Waals surface area contributed by atoms with Crippen LogP contribution in [0.1, 0.15) is 19.4 Å². The Morgan fingerprint density at radius 1 is 0.963 bits per heavy atom. The van der Waals surface area contributed by atoms with Crippen LogP contribution in [0, 0.1) is 0 Å². The number of hydrogen-bond donors (Lipinski definition) is 2. The topological polar surface area (TPSA) is 72.6 Å². The van der Waals surface area contributed by atoms with Crippen LogP contribution in [0.4, 0.5) is 5.69 Å². The number of amides is 1. The maximum Gasteiger partial charge on any atom is 0.234 e. The van der Waals surface area contributed by atoms with Gasteiger partial charge in [-0.15, -0.1) is 0 Å². The van der Waals surface area contributed by atoms with Crippen LogP contribution in [-0.4, -0.2) is 32.2 Å². The third-order valence-electron chi connectivity index (χ3n) is 4.79. The van der Waals surface area contributed by atoms with Crippen molar-refractivity contribution in [3.8, 4) is 17.2 Å². The molecule has 1 aromatic heterocycles. The minimum absolute atomic E-state index is 0.144. The fraction of sp³-hybridized carbons (Fsp3) is 0.286. The number of aromatic amines is 1. The molecule has 0 aliphatic carbocycles. The van der Waals surface area contributed by atoms with Crippen LogP contribution in [0.3, 0.4) is 0 Å². The molecule has 0 saturated carbocycles. The minimum atomic E-state index is -0.782. The first-order valence-electron chi connectivity index (χ1n) is 8.59. The SMILES string of the molecule is COc1ccc(NC(=O)C(C)(C)c2c[nH]c3ccc(OC)cc23)c(OC)c1. The van der Waals surface area contributed by atoms with E-state index in [-0.39, 0.29) is 5.91 Å². The summed E-state index contributed by atoms with van der Waals surface area (Å²) in [6, 6.07) is 11.0. The van der Waals surface area contributed by atoms with E-state index in [2.05, 4.69) is 10.3 Å². The van der Waals surface area contributed by atoms with E-state index < -0.39 is 5.41 Å². The molecule has 0 radical (unpaired) electrons. The Labute approximate surface area is 158 Å². The molecular weight excluding hydrogens is 344 g/mol. The van der Waals surface area contributed by atoms with E-state index in [0.717, 1.165) is 22.2 Å². The normalized spacial score (nSPS) is 11.3. The molecule has 0 aliphatic heterocycles. The molecule has 0 unspecified atom stereocenters. The summed E-state index contributed by atoms with van der Waals surface area (Å²) >= 11 is 0. The van der Waals surface area contributed by atoms with E-state index in [9.17, 15) is 4.79 Å². The Morgan fingerprint density at radius 3 is 2.30 bits per heavy atom. The summed E-state index contributed by atoms with van der Waals surface area (Å²) in [5.74, 6) is 1.80. The molecule has 3 aromatic rings. The second kappa shape index (κ2) is 7.23. The molecule has 0 bridgehead atoms. The number of H-pyrrole nitrogens is 1. The van der Waals surface area contributed by atoms with Gasteiger partial charge in [-0.25, -0.2) is 0 Å². The van der Waals surface area contributed by atoms with Crippen molar-refractivity contribution in [3.05, 3.63) is 48.2 Å². The Hall–Kier alpha value is -3.15. The summed E-state index contributed by atoms with van der Waals surface area (Å²) in [7, 11) is 4.77. The van der Waals surface area contributed by atoms with Crippen molar-refractivity contribution >= 4 is 22.5 Å². The van der Waals surface area contributed by atoms with Gasteiger partial charge in [-0.2, -0.15) is 0 Å². The largest absolute Gasteiger partial charge is 0.497 e. The Bertz CT molecular complexity index is 975. The van der Waals surface area contributed by atoms with Crippen LogP contribution in [0.25, 0.3) is 10.9 Å². The van der Waals surface area contributed by atoms with Crippen LogP contribution in [0.15, 0.2) is 42.6 Å². The van der Waals surface area contributed by atoms with Gasteiger partial charge >= 0.3 is 0 Å². The lowest BCUT2D eigenvalue weighted by molar-refractivity contribution is -0.120. The van der Waals surface area contributed by atoms with Crippen molar-refractivity contribution in [1.29, 1.82) is 0 Å². The van der Waals surface area contributed by atoms with Gasteiger partial charge < -0.3 is 24.5 Å². The predicted octanol–water partition coefficient (Wildman–Crippen LogP) is 4.11. The van der Waals surface area contributed by atoms with Crippen molar-refractivity contribution in [1.82, 2.24) is 4.98 Å². The quantitative estimate of drug-likeness (QED) is 0.687. The minimum Gasteiger partial charge on any atom is -0.497 e. The fourth-order valence-electron chi connectivity index (χ4n) is 3.05. The second-order valence-corrected chi connectivity index (χ2v) is 6.76. The molecule has 6 nitrogen and oxygen atoms in total. The Balaban J connectivity index is 1.94. The third kappa shape index (κ3) is 3.43. The highest BCUT2D eigenvalue weighted by Gasteiger charge is 2.33. The molecular formula is C21H24N2O4. The molecule has 6 heteroatoms. The molecule has 1 amide bonds. The lowest BCUT2D eigenvalue weighted by atomic mass is 9.83. The van der Waals surface area contributed by atoms with Gasteiger partial charge in [-0.1, -0.05) is 0 Å². The van der Waals surface area contributed by atoms with E-state index in [4.69, 9.17) is 14.2 Å². The molecule has 1 heterocycles. The lowest BCUT2D eigenvalue weighted by Gasteiger charge is -2.24. The molecule has 0 aliphatic rings. The summed E-state index contributed by atoms with van der Waals surface area (Å²) in [6.45, 7) is 3.78.